The van der Waals surface area contributed by atoms with Crippen LogP contribution in [0.1, 0.15) is 0 Å². The van der Waals surface area contributed by atoms with Crippen molar-refractivity contribution in [2.24, 2.45) is 0 Å². The predicted octanol–water partition coefficient (Wildman–Crippen LogP) is 4.10. The van der Waals surface area contributed by atoms with Crippen LogP contribution >= 0.6 is 44.5 Å². The SMILES string of the molecule is FC(F)Oc1c(Br)cc(S)cc1Br. The average Bonchev–Trinajstić information content (AvgIpc) is 1.96. The third kappa shape index (κ3) is 3.11. The molecule has 0 N–H and O–H groups in total. The van der Waals surface area contributed by atoms with Crippen LogP contribution in [-0.4, -0.2) is 6.61 Å². The lowest BCUT2D eigenvalue weighted by Gasteiger charge is -2.09. The Bertz CT molecular complexity index is 296. The highest BCUT2D eigenvalue weighted by Crippen LogP contribution is 2.36. The van der Waals surface area contributed by atoms with Gasteiger partial charge in [0.2, 0.25) is 0 Å². The summed E-state index contributed by atoms with van der Waals surface area (Å²) in [6.45, 7) is -2.83. The van der Waals surface area contributed by atoms with Crippen LogP contribution in [0.15, 0.2) is 26.0 Å². The number of alkyl halides is 2. The number of benzene rings is 1. The summed E-state index contributed by atoms with van der Waals surface area (Å²) in [5, 5.41) is 0. The Labute approximate surface area is 96.1 Å². The van der Waals surface area contributed by atoms with Gasteiger partial charge in [0.25, 0.3) is 0 Å². The van der Waals surface area contributed by atoms with E-state index >= 15 is 0 Å². The first-order valence-corrected chi connectivity index (χ1v) is 5.17. The summed E-state index contributed by atoms with van der Waals surface area (Å²) in [7, 11) is 0. The first-order chi connectivity index (χ1) is 6.00. The molecule has 1 rings (SSSR count). The van der Waals surface area contributed by atoms with Crippen LogP contribution < -0.4 is 4.74 Å². The van der Waals surface area contributed by atoms with Crippen molar-refractivity contribution in [2.75, 3.05) is 0 Å². The smallest absolute Gasteiger partial charge is 0.387 e. The van der Waals surface area contributed by atoms with Crippen molar-refractivity contribution < 1.29 is 13.5 Å². The zero-order valence-electron chi connectivity index (χ0n) is 6.10. The van der Waals surface area contributed by atoms with Gasteiger partial charge in [-0.3, -0.25) is 0 Å². The van der Waals surface area contributed by atoms with Gasteiger partial charge in [-0.25, -0.2) is 0 Å². The molecule has 1 nitrogen and oxygen atoms in total. The van der Waals surface area contributed by atoms with E-state index in [1.165, 1.54) is 0 Å². The summed E-state index contributed by atoms with van der Waals surface area (Å²) in [6.07, 6.45) is 0. The molecule has 6 heteroatoms. The van der Waals surface area contributed by atoms with E-state index in [1.54, 1.807) is 12.1 Å². The van der Waals surface area contributed by atoms with Crippen molar-refractivity contribution in [2.45, 2.75) is 11.5 Å². The molecule has 0 saturated heterocycles. The van der Waals surface area contributed by atoms with Gasteiger partial charge in [0, 0.05) is 4.90 Å². The fourth-order valence-corrected chi connectivity index (χ4v) is 2.73. The van der Waals surface area contributed by atoms with Gasteiger partial charge < -0.3 is 4.74 Å². The minimum atomic E-state index is -2.83. The van der Waals surface area contributed by atoms with Crippen LogP contribution in [0.2, 0.25) is 0 Å². The maximum atomic E-state index is 11.9. The number of rotatable bonds is 2. The Morgan fingerprint density at radius 2 is 1.69 bits per heavy atom. The first-order valence-electron chi connectivity index (χ1n) is 3.13. The molecule has 0 aliphatic rings. The van der Waals surface area contributed by atoms with Gasteiger partial charge in [0.05, 0.1) is 8.95 Å². The molecule has 0 aliphatic heterocycles. The highest BCUT2D eigenvalue weighted by Gasteiger charge is 2.12. The Kier molecular flexibility index (Phi) is 4.00. The van der Waals surface area contributed by atoms with Crippen LogP contribution in [0.4, 0.5) is 8.78 Å². The maximum absolute atomic E-state index is 11.9. The predicted molar refractivity (Wildman–Crippen MR) is 55.7 cm³/mol. The van der Waals surface area contributed by atoms with Crippen molar-refractivity contribution in [3.63, 3.8) is 0 Å². The van der Waals surface area contributed by atoms with E-state index in [9.17, 15) is 8.78 Å². The Balaban J connectivity index is 3.06. The number of thiol groups is 1. The molecular weight excluding hydrogens is 330 g/mol. The molecule has 13 heavy (non-hydrogen) atoms. The molecule has 0 amide bonds. The van der Waals surface area contributed by atoms with Crippen LogP contribution in [0, 0.1) is 0 Å². The second-order valence-electron chi connectivity index (χ2n) is 2.12. The van der Waals surface area contributed by atoms with Crippen molar-refractivity contribution in [1.82, 2.24) is 0 Å². The maximum Gasteiger partial charge on any atom is 0.387 e. The minimum Gasteiger partial charge on any atom is -0.432 e. The fourth-order valence-electron chi connectivity index (χ4n) is 0.748. The number of hydrogen-bond acceptors (Lipinski definition) is 2. The van der Waals surface area contributed by atoms with E-state index in [2.05, 4.69) is 49.2 Å². The topological polar surface area (TPSA) is 9.23 Å². The van der Waals surface area contributed by atoms with Gasteiger partial charge in [-0.1, -0.05) is 0 Å². The van der Waals surface area contributed by atoms with E-state index in [1.807, 2.05) is 0 Å². The third-order valence-corrected chi connectivity index (χ3v) is 2.63. The summed E-state index contributed by atoms with van der Waals surface area (Å²) in [6, 6.07) is 3.15. The van der Waals surface area contributed by atoms with Gasteiger partial charge in [-0.15, -0.1) is 12.6 Å². The molecule has 0 heterocycles. The van der Waals surface area contributed by atoms with Crippen molar-refractivity contribution >= 4 is 44.5 Å². The standard InChI is InChI=1S/C7H4Br2F2OS/c8-4-1-3(13)2-5(9)6(4)12-7(10)11/h1-2,7,13H. The molecule has 0 bridgehead atoms. The van der Waals surface area contributed by atoms with Gasteiger partial charge in [-0.2, -0.15) is 8.78 Å². The minimum absolute atomic E-state index is 0.0767. The van der Waals surface area contributed by atoms with Crippen molar-refractivity contribution in [3.05, 3.63) is 21.1 Å². The molecule has 0 fully saturated rings. The average molecular weight is 334 g/mol. The molecule has 1 aromatic carbocycles. The highest BCUT2D eigenvalue weighted by atomic mass is 79.9. The van der Waals surface area contributed by atoms with Crippen LogP contribution in [0.5, 0.6) is 5.75 Å². The normalized spacial score (nSPS) is 10.6. The van der Waals surface area contributed by atoms with Crippen LogP contribution in [0.25, 0.3) is 0 Å². The molecule has 1 aromatic rings. The lowest BCUT2D eigenvalue weighted by Crippen LogP contribution is -2.03. The summed E-state index contributed by atoms with van der Waals surface area (Å²) < 4.78 is 28.9. The van der Waals surface area contributed by atoms with Crippen LogP contribution in [-0.2, 0) is 0 Å². The van der Waals surface area contributed by atoms with E-state index < -0.39 is 6.61 Å². The molecule has 0 aliphatic carbocycles. The van der Waals surface area contributed by atoms with E-state index in [-0.39, 0.29) is 5.75 Å². The summed E-state index contributed by atoms with van der Waals surface area (Å²) in [4.78, 5) is 0.653. The highest BCUT2D eigenvalue weighted by molar-refractivity contribution is 9.11. The largest absolute Gasteiger partial charge is 0.432 e. The first kappa shape index (κ1) is 11.3. The van der Waals surface area contributed by atoms with Gasteiger partial charge in [0.1, 0.15) is 0 Å². The van der Waals surface area contributed by atoms with Crippen molar-refractivity contribution in [3.8, 4) is 5.75 Å². The van der Waals surface area contributed by atoms with Gasteiger partial charge >= 0.3 is 6.61 Å². The van der Waals surface area contributed by atoms with Crippen molar-refractivity contribution in [1.29, 1.82) is 0 Å². The van der Waals surface area contributed by atoms with Gasteiger partial charge in [-0.05, 0) is 44.0 Å². The molecule has 0 atom stereocenters. The number of halogens is 4. The fraction of sp³-hybridized carbons (Fsp3) is 0.143. The molecule has 0 radical (unpaired) electrons. The number of ether oxygens (including phenoxy) is 1. The molecular formula is C7H4Br2F2OS. The van der Waals surface area contributed by atoms with E-state index in [0.29, 0.717) is 13.8 Å². The third-order valence-electron chi connectivity index (χ3n) is 1.19. The molecule has 0 spiro atoms. The number of hydrogen-bond donors (Lipinski definition) is 1. The Morgan fingerprint density at radius 3 is 2.08 bits per heavy atom. The quantitative estimate of drug-likeness (QED) is 0.802. The summed E-state index contributed by atoms with van der Waals surface area (Å²) in [5.74, 6) is 0.0767. The summed E-state index contributed by atoms with van der Waals surface area (Å²) >= 11 is 10.2. The van der Waals surface area contributed by atoms with E-state index in [0.717, 1.165) is 0 Å². The zero-order valence-corrected chi connectivity index (χ0v) is 10.2. The summed E-state index contributed by atoms with van der Waals surface area (Å²) in [5.41, 5.74) is 0. The van der Waals surface area contributed by atoms with E-state index in [4.69, 9.17) is 0 Å². The zero-order chi connectivity index (χ0) is 10.0. The Morgan fingerprint density at radius 1 is 1.23 bits per heavy atom. The second-order valence-corrected chi connectivity index (χ2v) is 4.34. The molecule has 72 valence electrons. The Hall–Kier alpha value is 0.190. The van der Waals surface area contributed by atoms with Gasteiger partial charge in [0.15, 0.2) is 5.75 Å². The molecule has 0 saturated carbocycles. The van der Waals surface area contributed by atoms with Crippen LogP contribution in [0.3, 0.4) is 0 Å². The molecule has 0 unspecified atom stereocenters. The lowest BCUT2D eigenvalue weighted by molar-refractivity contribution is -0.0509. The monoisotopic (exact) mass is 332 g/mol. The second kappa shape index (κ2) is 4.61. The lowest BCUT2D eigenvalue weighted by atomic mass is 10.3. The molecule has 0 aromatic heterocycles.